The molecule has 45 heavy (non-hydrogen) atoms. The summed E-state index contributed by atoms with van der Waals surface area (Å²) in [5, 5.41) is 0.631. The number of ketones is 1. The second kappa shape index (κ2) is 14.7. The van der Waals surface area contributed by atoms with E-state index in [-0.39, 0.29) is 61.3 Å². The van der Waals surface area contributed by atoms with E-state index in [1.165, 1.54) is 29.4 Å². The van der Waals surface area contributed by atoms with Gasteiger partial charge in [-0.15, -0.1) is 0 Å². The summed E-state index contributed by atoms with van der Waals surface area (Å²) >= 11 is 3.50. The zero-order chi connectivity index (χ0) is 32.1. The number of methoxy groups -OCH3 is 1. The highest BCUT2D eigenvalue weighted by Gasteiger charge is 2.44. The summed E-state index contributed by atoms with van der Waals surface area (Å²) in [7, 11) is 1.35. The van der Waals surface area contributed by atoms with Gasteiger partial charge in [0.2, 0.25) is 6.29 Å². The quantitative estimate of drug-likeness (QED) is 0.146. The normalized spacial score (nSPS) is 22.3. The van der Waals surface area contributed by atoms with Crippen molar-refractivity contribution < 1.29 is 33.3 Å². The minimum atomic E-state index is -0.726. The van der Waals surface area contributed by atoms with Crippen molar-refractivity contribution in [3.8, 4) is 16.9 Å². The van der Waals surface area contributed by atoms with E-state index in [4.69, 9.17) is 18.9 Å². The van der Waals surface area contributed by atoms with Crippen LogP contribution < -0.4 is 4.74 Å². The molecule has 1 fully saturated rings. The highest BCUT2D eigenvalue weighted by Crippen LogP contribution is 2.44. The first-order valence-electron chi connectivity index (χ1n) is 15.6. The number of ether oxygens (including phenoxy) is 4. The SMILES string of the molecule is COC(=O)[C@H]1O[C@@H](Oc2ccc(CBr)cc2CC(=O)CCCC(=O)OCC2c3ccccc3-c3ccccc32)[C@H](C)[C@@H](C)[C@@H]1C. The number of carbonyl (C=O) groups is 3. The Morgan fingerprint density at radius 3 is 2.16 bits per heavy atom. The lowest BCUT2D eigenvalue weighted by Crippen LogP contribution is -2.50. The Morgan fingerprint density at radius 2 is 1.51 bits per heavy atom. The van der Waals surface area contributed by atoms with Crippen LogP contribution in [0.2, 0.25) is 0 Å². The molecule has 7 nitrogen and oxygen atoms in total. The van der Waals surface area contributed by atoms with Crippen LogP contribution in [0.15, 0.2) is 66.7 Å². The predicted octanol–water partition coefficient (Wildman–Crippen LogP) is 7.40. The number of halogens is 1. The number of hydrogen-bond acceptors (Lipinski definition) is 7. The van der Waals surface area contributed by atoms with Gasteiger partial charge in [-0.1, -0.05) is 97.4 Å². The van der Waals surface area contributed by atoms with Crippen LogP contribution in [-0.4, -0.2) is 43.8 Å². The van der Waals surface area contributed by atoms with Gasteiger partial charge in [0.25, 0.3) is 0 Å². The summed E-state index contributed by atoms with van der Waals surface area (Å²) in [6, 6.07) is 22.2. The van der Waals surface area contributed by atoms with E-state index in [0.717, 1.165) is 11.1 Å². The van der Waals surface area contributed by atoms with Crippen LogP contribution in [0, 0.1) is 17.8 Å². The van der Waals surface area contributed by atoms with Gasteiger partial charge in [0.1, 0.15) is 18.1 Å². The van der Waals surface area contributed by atoms with Crippen LogP contribution in [0.3, 0.4) is 0 Å². The van der Waals surface area contributed by atoms with Crippen molar-refractivity contribution in [2.24, 2.45) is 17.8 Å². The molecule has 3 aromatic rings. The zero-order valence-electron chi connectivity index (χ0n) is 26.3. The molecular formula is C37H41BrO7. The molecule has 1 heterocycles. The molecule has 5 rings (SSSR count). The van der Waals surface area contributed by atoms with E-state index in [1.807, 2.05) is 56.3 Å². The van der Waals surface area contributed by atoms with Gasteiger partial charge in [-0.25, -0.2) is 4.79 Å². The molecule has 0 amide bonds. The first-order chi connectivity index (χ1) is 21.7. The molecule has 8 heteroatoms. The van der Waals surface area contributed by atoms with Gasteiger partial charge in [0.15, 0.2) is 6.10 Å². The average molecular weight is 678 g/mol. The van der Waals surface area contributed by atoms with Crippen LogP contribution in [-0.2, 0) is 40.3 Å². The number of benzene rings is 3. The molecule has 0 saturated carbocycles. The number of hydrogen-bond donors (Lipinski definition) is 0. The van der Waals surface area contributed by atoms with Gasteiger partial charge in [-0.3, -0.25) is 9.59 Å². The topological polar surface area (TPSA) is 88.1 Å². The fourth-order valence-corrected chi connectivity index (χ4v) is 6.78. The second-order valence-electron chi connectivity index (χ2n) is 12.2. The lowest BCUT2D eigenvalue weighted by molar-refractivity contribution is -0.222. The molecule has 2 aliphatic rings. The standard InChI is InChI=1S/C37H41BrO7/c1-22-23(2)35(36(41)42-4)45-37(24(22)3)44-33-17-16-25(20-38)18-26(33)19-27(39)10-9-15-34(40)43-21-32-30-13-7-5-11-28(30)29-12-6-8-14-31(29)32/h5-8,11-14,16-18,22-24,32,35,37H,9-10,15,19-21H2,1-4H3/t22-,23-,24+,35-,37+/m0/s1. The number of rotatable bonds is 12. The first kappa shape index (κ1) is 32.9. The van der Waals surface area contributed by atoms with Gasteiger partial charge in [-0.2, -0.15) is 0 Å². The third-order valence-corrected chi connectivity index (χ3v) is 10.0. The van der Waals surface area contributed by atoms with Gasteiger partial charge < -0.3 is 18.9 Å². The molecule has 0 unspecified atom stereocenters. The second-order valence-corrected chi connectivity index (χ2v) is 12.8. The summed E-state index contributed by atoms with van der Waals surface area (Å²) in [6.07, 6.45) is -0.409. The Bertz CT molecular complexity index is 1490. The van der Waals surface area contributed by atoms with E-state index in [1.54, 1.807) is 0 Å². The Labute approximate surface area is 273 Å². The predicted molar refractivity (Wildman–Crippen MR) is 175 cm³/mol. The highest BCUT2D eigenvalue weighted by atomic mass is 79.9. The van der Waals surface area contributed by atoms with E-state index >= 15 is 0 Å². The van der Waals surface area contributed by atoms with Crippen LogP contribution in [0.25, 0.3) is 11.1 Å². The average Bonchev–Trinajstić information content (AvgIpc) is 3.37. The monoisotopic (exact) mass is 676 g/mol. The zero-order valence-corrected chi connectivity index (χ0v) is 27.9. The first-order valence-corrected chi connectivity index (χ1v) is 16.8. The van der Waals surface area contributed by atoms with Crippen LogP contribution >= 0.6 is 15.9 Å². The van der Waals surface area contributed by atoms with Crippen molar-refractivity contribution in [1.29, 1.82) is 0 Å². The number of fused-ring (bicyclic) bond motifs is 3. The van der Waals surface area contributed by atoms with Crippen molar-refractivity contribution in [1.82, 2.24) is 0 Å². The number of carbonyl (C=O) groups excluding carboxylic acids is 3. The third kappa shape index (κ3) is 7.33. The van der Waals surface area contributed by atoms with E-state index < -0.39 is 18.4 Å². The summed E-state index contributed by atoms with van der Waals surface area (Å²) in [4.78, 5) is 38.2. The molecule has 1 saturated heterocycles. The minimum absolute atomic E-state index is 0.00468. The van der Waals surface area contributed by atoms with Crippen molar-refractivity contribution in [3.63, 3.8) is 0 Å². The Hall–Kier alpha value is -3.49. The van der Waals surface area contributed by atoms with Gasteiger partial charge in [0, 0.05) is 42.0 Å². The summed E-state index contributed by atoms with van der Waals surface area (Å²) in [5.41, 5.74) is 6.46. The van der Waals surface area contributed by atoms with Gasteiger partial charge in [0.05, 0.1) is 7.11 Å². The van der Waals surface area contributed by atoms with Gasteiger partial charge >= 0.3 is 11.9 Å². The maximum Gasteiger partial charge on any atom is 0.335 e. The largest absolute Gasteiger partial charge is 0.467 e. The van der Waals surface area contributed by atoms with E-state index in [0.29, 0.717) is 17.5 Å². The van der Waals surface area contributed by atoms with Crippen LogP contribution in [0.4, 0.5) is 0 Å². The number of esters is 2. The maximum absolute atomic E-state index is 13.1. The number of Topliss-reactive ketones (excluding diaryl/α,β-unsaturated/α-hetero) is 1. The molecule has 1 aliphatic carbocycles. The lowest BCUT2D eigenvalue weighted by atomic mass is 9.79. The molecule has 5 atom stereocenters. The Kier molecular flexibility index (Phi) is 10.8. The molecule has 0 aromatic heterocycles. The van der Waals surface area contributed by atoms with Crippen molar-refractivity contribution in [2.45, 2.75) is 70.1 Å². The molecule has 1 aliphatic heterocycles. The van der Waals surface area contributed by atoms with Crippen molar-refractivity contribution >= 4 is 33.7 Å². The summed E-state index contributed by atoms with van der Waals surface area (Å²) in [5.74, 6) is -0.0288. The molecule has 0 radical (unpaired) electrons. The molecule has 0 N–H and O–H groups in total. The fraction of sp³-hybridized carbons (Fsp3) is 0.432. The molecule has 238 valence electrons. The summed E-state index contributed by atoms with van der Waals surface area (Å²) in [6.45, 7) is 6.38. The number of alkyl halides is 1. The fourth-order valence-electron chi connectivity index (χ4n) is 6.43. The maximum atomic E-state index is 13.1. The van der Waals surface area contributed by atoms with Crippen LogP contribution in [0.1, 0.15) is 68.2 Å². The highest BCUT2D eigenvalue weighted by molar-refractivity contribution is 9.08. The van der Waals surface area contributed by atoms with Crippen molar-refractivity contribution in [2.75, 3.05) is 13.7 Å². The summed E-state index contributed by atoms with van der Waals surface area (Å²) < 4.78 is 23.1. The molecular weight excluding hydrogens is 636 g/mol. The molecule has 0 bridgehead atoms. The third-order valence-electron chi connectivity index (χ3n) is 9.40. The smallest absolute Gasteiger partial charge is 0.335 e. The lowest BCUT2D eigenvalue weighted by Gasteiger charge is -2.42. The van der Waals surface area contributed by atoms with E-state index in [9.17, 15) is 14.4 Å². The minimum Gasteiger partial charge on any atom is -0.467 e. The van der Waals surface area contributed by atoms with Crippen molar-refractivity contribution in [3.05, 3.63) is 89.0 Å². The Morgan fingerprint density at radius 1 is 0.844 bits per heavy atom. The van der Waals surface area contributed by atoms with Gasteiger partial charge in [-0.05, 0) is 52.1 Å². The molecule has 0 spiro atoms. The van der Waals surface area contributed by atoms with E-state index in [2.05, 4.69) is 47.1 Å². The Balaban J connectivity index is 1.16. The molecule has 3 aromatic carbocycles. The van der Waals surface area contributed by atoms with Crippen LogP contribution in [0.5, 0.6) is 5.75 Å².